The van der Waals surface area contributed by atoms with Crippen molar-refractivity contribution in [1.29, 1.82) is 0 Å². The summed E-state index contributed by atoms with van der Waals surface area (Å²) < 4.78 is 21.0. The number of rotatable bonds is 5. The van der Waals surface area contributed by atoms with Crippen LogP contribution in [0.5, 0.6) is 11.5 Å². The molecule has 7 heteroatoms. The summed E-state index contributed by atoms with van der Waals surface area (Å²) in [6.45, 7) is 4.86. The van der Waals surface area contributed by atoms with Crippen LogP contribution in [0, 0.1) is 5.82 Å². The molecule has 2 aromatic carbocycles. The Morgan fingerprint density at radius 1 is 1.12 bits per heavy atom. The lowest BCUT2D eigenvalue weighted by Gasteiger charge is -2.31. The summed E-state index contributed by atoms with van der Waals surface area (Å²) in [5.74, 6) is 0.768. The number of H-pyrrole nitrogens is 1. The predicted molar refractivity (Wildman–Crippen MR) is 125 cm³/mol. The van der Waals surface area contributed by atoms with Crippen molar-refractivity contribution in [3.8, 4) is 22.8 Å². The Bertz CT molecular complexity index is 1310. The van der Waals surface area contributed by atoms with Gasteiger partial charge < -0.3 is 9.64 Å². The third kappa shape index (κ3) is 4.22. The van der Waals surface area contributed by atoms with Gasteiger partial charge in [0, 0.05) is 41.7 Å². The first-order valence-corrected chi connectivity index (χ1v) is 10.9. The number of carbonyl (C=O) groups is 1. The number of nitrogens with one attached hydrogen (secondary N) is 1. The Labute approximate surface area is 190 Å². The molecular formula is C26H23FN4O2. The van der Waals surface area contributed by atoms with E-state index in [0.29, 0.717) is 41.4 Å². The summed E-state index contributed by atoms with van der Waals surface area (Å²) in [6.07, 6.45) is 4.66. The maximum absolute atomic E-state index is 15.2. The summed E-state index contributed by atoms with van der Waals surface area (Å²) in [6, 6.07) is 16.1. The average molecular weight is 442 g/mol. The summed E-state index contributed by atoms with van der Waals surface area (Å²) in [4.78, 5) is 18.6. The van der Waals surface area contributed by atoms with Crippen LogP contribution in [0.25, 0.3) is 22.2 Å². The quantitative estimate of drug-likeness (QED) is 0.417. The number of pyridine rings is 1. The standard InChI is InChI=1S/C26H23FN4O2/c1-2-24(32)31-12-10-17(11-13-31)23-14-18-16-28-30-25(18)26(29-23)21-9-8-20(15-22(21)27)33-19-6-4-3-5-7-19/h2-9,14-17H,1,10-13H2,(H,28,30). The lowest BCUT2D eigenvalue weighted by molar-refractivity contribution is -0.127. The number of fused-ring (bicyclic) bond motifs is 1. The molecular weight excluding hydrogens is 419 g/mol. The van der Waals surface area contributed by atoms with Crippen LogP contribution in [0.1, 0.15) is 24.5 Å². The zero-order chi connectivity index (χ0) is 22.8. The van der Waals surface area contributed by atoms with Gasteiger partial charge in [0.05, 0.1) is 17.4 Å². The average Bonchev–Trinajstić information content (AvgIpc) is 3.33. The van der Waals surface area contributed by atoms with Crippen molar-refractivity contribution < 1.29 is 13.9 Å². The van der Waals surface area contributed by atoms with Gasteiger partial charge in [-0.1, -0.05) is 24.8 Å². The van der Waals surface area contributed by atoms with Gasteiger partial charge in [0.25, 0.3) is 0 Å². The number of para-hydroxylation sites is 1. The van der Waals surface area contributed by atoms with Crippen LogP contribution in [0.3, 0.4) is 0 Å². The topological polar surface area (TPSA) is 71.1 Å². The van der Waals surface area contributed by atoms with Gasteiger partial charge in [-0.25, -0.2) is 4.39 Å². The van der Waals surface area contributed by atoms with Gasteiger partial charge in [-0.2, -0.15) is 5.10 Å². The lowest BCUT2D eigenvalue weighted by Crippen LogP contribution is -2.36. The second-order valence-electron chi connectivity index (χ2n) is 8.09. The van der Waals surface area contributed by atoms with E-state index in [1.54, 1.807) is 23.2 Å². The Balaban J connectivity index is 1.45. The van der Waals surface area contributed by atoms with E-state index in [0.717, 1.165) is 23.9 Å². The number of ether oxygens (including phenoxy) is 1. The van der Waals surface area contributed by atoms with E-state index in [-0.39, 0.29) is 11.8 Å². The van der Waals surface area contributed by atoms with Gasteiger partial charge in [-0.3, -0.25) is 14.9 Å². The molecule has 1 amide bonds. The molecule has 0 radical (unpaired) electrons. The summed E-state index contributed by atoms with van der Waals surface area (Å²) in [5.41, 5.74) is 2.47. The van der Waals surface area contributed by atoms with Gasteiger partial charge in [0.15, 0.2) is 0 Å². The van der Waals surface area contributed by atoms with Crippen molar-refractivity contribution in [2.45, 2.75) is 18.8 Å². The minimum Gasteiger partial charge on any atom is -0.457 e. The van der Waals surface area contributed by atoms with Crippen molar-refractivity contribution in [1.82, 2.24) is 20.1 Å². The van der Waals surface area contributed by atoms with E-state index >= 15 is 4.39 Å². The summed E-state index contributed by atoms with van der Waals surface area (Å²) >= 11 is 0. The van der Waals surface area contributed by atoms with Gasteiger partial charge in [-0.05, 0) is 49.2 Å². The molecule has 0 saturated carbocycles. The smallest absolute Gasteiger partial charge is 0.245 e. The highest BCUT2D eigenvalue weighted by molar-refractivity contribution is 5.91. The van der Waals surface area contributed by atoms with Crippen molar-refractivity contribution in [2.75, 3.05) is 13.1 Å². The number of amides is 1. The Morgan fingerprint density at radius 3 is 2.64 bits per heavy atom. The second-order valence-corrected chi connectivity index (χ2v) is 8.09. The van der Waals surface area contributed by atoms with E-state index in [2.05, 4.69) is 16.8 Å². The van der Waals surface area contributed by atoms with Crippen LogP contribution >= 0.6 is 0 Å². The first-order valence-electron chi connectivity index (χ1n) is 10.9. The Kier molecular flexibility index (Phi) is 5.60. The fourth-order valence-electron chi connectivity index (χ4n) is 4.28. The maximum atomic E-state index is 15.2. The first kappa shape index (κ1) is 20.9. The highest BCUT2D eigenvalue weighted by atomic mass is 19.1. The molecule has 166 valence electrons. The lowest BCUT2D eigenvalue weighted by atomic mass is 9.92. The van der Waals surface area contributed by atoms with Gasteiger partial charge in [0.2, 0.25) is 5.91 Å². The van der Waals surface area contributed by atoms with E-state index in [1.807, 2.05) is 36.4 Å². The van der Waals surface area contributed by atoms with E-state index in [9.17, 15) is 4.79 Å². The molecule has 0 aliphatic carbocycles. The van der Waals surface area contributed by atoms with Crippen molar-refractivity contribution in [2.24, 2.45) is 0 Å². The third-order valence-corrected chi connectivity index (χ3v) is 6.02. The van der Waals surface area contributed by atoms with Crippen LogP contribution in [0.15, 0.2) is 73.4 Å². The molecule has 1 fully saturated rings. The SMILES string of the molecule is C=CC(=O)N1CCC(c2cc3cn[nH]c3c(-c3ccc(Oc4ccccc4)cc3F)n2)CC1. The van der Waals surface area contributed by atoms with Gasteiger partial charge >= 0.3 is 0 Å². The van der Waals surface area contributed by atoms with Crippen LogP contribution in [0.2, 0.25) is 0 Å². The number of halogens is 1. The molecule has 4 aromatic rings. The van der Waals surface area contributed by atoms with Crippen LogP contribution in [-0.4, -0.2) is 39.1 Å². The number of aromatic nitrogens is 3. The largest absolute Gasteiger partial charge is 0.457 e. The molecule has 6 nitrogen and oxygen atoms in total. The minimum absolute atomic E-state index is 0.0488. The fraction of sp³-hybridized carbons (Fsp3) is 0.192. The molecule has 1 N–H and O–H groups in total. The predicted octanol–water partition coefficient (Wildman–Crippen LogP) is 5.45. The van der Waals surface area contributed by atoms with Gasteiger partial charge in [-0.15, -0.1) is 0 Å². The number of carbonyl (C=O) groups excluding carboxylic acids is 1. The number of aromatic amines is 1. The number of benzene rings is 2. The molecule has 0 atom stereocenters. The third-order valence-electron chi connectivity index (χ3n) is 6.02. The normalized spacial score (nSPS) is 14.4. The first-order chi connectivity index (χ1) is 16.1. The number of nitrogens with zero attached hydrogens (tertiary/aromatic N) is 3. The van der Waals surface area contributed by atoms with Crippen LogP contribution in [0.4, 0.5) is 4.39 Å². The summed E-state index contributed by atoms with van der Waals surface area (Å²) in [7, 11) is 0. The highest BCUT2D eigenvalue weighted by Crippen LogP contribution is 2.35. The molecule has 3 heterocycles. The molecule has 0 unspecified atom stereocenters. The van der Waals surface area contributed by atoms with Crippen molar-refractivity contribution in [3.63, 3.8) is 0 Å². The van der Waals surface area contributed by atoms with E-state index < -0.39 is 5.82 Å². The molecule has 1 saturated heterocycles. The number of hydrogen-bond donors (Lipinski definition) is 1. The zero-order valence-corrected chi connectivity index (χ0v) is 18.0. The Hall–Kier alpha value is -4.00. The van der Waals surface area contributed by atoms with E-state index in [1.165, 1.54) is 12.1 Å². The molecule has 2 aromatic heterocycles. The number of hydrogen-bond acceptors (Lipinski definition) is 4. The molecule has 1 aliphatic heterocycles. The maximum Gasteiger partial charge on any atom is 0.245 e. The van der Waals surface area contributed by atoms with Gasteiger partial charge in [0.1, 0.15) is 17.3 Å². The Morgan fingerprint density at radius 2 is 1.91 bits per heavy atom. The minimum atomic E-state index is -0.421. The molecule has 1 aliphatic rings. The fourth-order valence-corrected chi connectivity index (χ4v) is 4.28. The van der Waals surface area contributed by atoms with Crippen molar-refractivity contribution in [3.05, 3.63) is 85.0 Å². The monoisotopic (exact) mass is 442 g/mol. The van der Waals surface area contributed by atoms with Crippen molar-refractivity contribution >= 4 is 16.8 Å². The second kappa shape index (κ2) is 8.86. The number of piperidine rings is 1. The molecule has 5 rings (SSSR count). The van der Waals surface area contributed by atoms with Crippen LogP contribution in [-0.2, 0) is 4.79 Å². The van der Waals surface area contributed by atoms with E-state index in [4.69, 9.17) is 9.72 Å². The van der Waals surface area contributed by atoms with Crippen LogP contribution < -0.4 is 4.74 Å². The zero-order valence-electron chi connectivity index (χ0n) is 18.0. The number of likely N-dealkylation sites (tertiary alicyclic amines) is 1. The highest BCUT2D eigenvalue weighted by Gasteiger charge is 2.25. The molecule has 33 heavy (non-hydrogen) atoms. The molecule has 0 bridgehead atoms. The summed E-state index contributed by atoms with van der Waals surface area (Å²) in [5, 5.41) is 7.98. The molecule has 0 spiro atoms.